The van der Waals surface area contributed by atoms with Gasteiger partial charge in [0.25, 0.3) is 0 Å². The minimum Gasteiger partial charge on any atom is -0.326 e. The van der Waals surface area contributed by atoms with Crippen LogP contribution in [0.25, 0.3) is 0 Å². The lowest BCUT2D eigenvalue weighted by molar-refractivity contribution is -0.118. The van der Waals surface area contributed by atoms with E-state index in [1.54, 1.807) is 24.3 Å². The van der Waals surface area contributed by atoms with Gasteiger partial charge >= 0.3 is 6.03 Å². The summed E-state index contributed by atoms with van der Waals surface area (Å²) in [6, 6.07) is 7.12. The molecule has 2 rings (SSSR count). The fourth-order valence-electron chi connectivity index (χ4n) is 2.05. The van der Waals surface area contributed by atoms with Gasteiger partial charge in [-0.25, -0.2) is 4.79 Å². The number of nitrogens with one attached hydrogen (secondary N) is 2. The quantitative estimate of drug-likeness (QED) is 0.891. The second-order valence-corrected chi connectivity index (χ2v) is 5.35. The van der Waals surface area contributed by atoms with Gasteiger partial charge in [-0.2, -0.15) is 0 Å². The number of hydrogen-bond acceptors (Lipinski definition) is 2. The zero-order valence-corrected chi connectivity index (χ0v) is 12.0. The van der Waals surface area contributed by atoms with E-state index in [9.17, 15) is 9.59 Å². The number of carbonyl (C=O) groups is 2. The fraction of sp³-hybridized carbons (Fsp3) is 0.467. The third kappa shape index (κ3) is 3.73. The van der Waals surface area contributed by atoms with Crippen molar-refractivity contribution in [2.24, 2.45) is 5.92 Å². The maximum atomic E-state index is 11.9. The predicted octanol–water partition coefficient (Wildman–Crippen LogP) is 2.91. The highest BCUT2D eigenvalue weighted by Crippen LogP contribution is 2.16. The summed E-state index contributed by atoms with van der Waals surface area (Å²) in [5, 5.41) is 5.68. The Hall–Kier alpha value is -2.04. The van der Waals surface area contributed by atoms with Crippen LogP contribution in [0.3, 0.4) is 0 Å². The molecule has 5 nitrogen and oxygen atoms in total. The Balaban J connectivity index is 1.91. The molecular weight excluding hydrogens is 254 g/mol. The van der Waals surface area contributed by atoms with Crippen molar-refractivity contribution >= 4 is 23.3 Å². The molecule has 20 heavy (non-hydrogen) atoms. The maximum Gasteiger partial charge on any atom is 0.321 e. The first-order valence-electron chi connectivity index (χ1n) is 7.03. The molecule has 0 unspecified atom stereocenters. The van der Waals surface area contributed by atoms with Gasteiger partial charge in [0.2, 0.25) is 5.91 Å². The third-order valence-corrected chi connectivity index (χ3v) is 3.32. The zero-order chi connectivity index (χ0) is 14.5. The lowest BCUT2D eigenvalue weighted by Gasteiger charge is -2.16. The Labute approximate surface area is 119 Å². The van der Waals surface area contributed by atoms with Crippen LogP contribution in [0.15, 0.2) is 24.3 Å². The molecule has 0 bridgehead atoms. The first-order chi connectivity index (χ1) is 9.56. The number of urea groups is 1. The minimum absolute atomic E-state index is 0.0150. The van der Waals surface area contributed by atoms with Crippen LogP contribution in [0.4, 0.5) is 16.2 Å². The molecule has 1 aromatic rings. The summed E-state index contributed by atoms with van der Waals surface area (Å²) in [4.78, 5) is 25.3. The molecule has 1 heterocycles. The smallest absolute Gasteiger partial charge is 0.321 e. The summed E-state index contributed by atoms with van der Waals surface area (Å²) in [7, 11) is 0. The van der Waals surface area contributed by atoms with Crippen LogP contribution in [-0.2, 0) is 4.79 Å². The fourth-order valence-corrected chi connectivity index (χ4v) is 2.05. The number of likely N-dealkylation sites (tertiary alicyclic amines) is 1. The number of rotatable bonds is 3. The molecule has 1 aliphatic rings. The second kappa shape index (κ2) is 6.41. The Morgan fingerprint density at radius 2 is 1.50 bits per heavy atom. The van der Waals surface area contributed by atoms with Gasteiger partial charge in [0.05, 0.1) is 0 Å². The van der Waals surface area contributed by atoms with E-state index in [0.717, 1.165) is 37.3 Å². The van der Waals surface area contributed by atoms with Crippen molar-refractivity contribution in [3.8, 4) is 0 Å². The van der Waals surface area contributed by atoms with Crippen LogP contribution in [-0.4, -0.2) is 29.9 Å². The van der Waals surface area contributed by atoms with E-state index >= 15 is 0 Å². The molecule has 1 saturated heterocycles. The SMILES string of the molecule is CC(C)C(=O)Nc1ccc(NC(=O)N2CCCC2)cc1. The molecular formula is C15H21N3O2. The van der Waals surface area contributed by atoms with Crippen molar-refractivity contribution in [2.45, 2.75) is 26.7 Å². The minimum atomic E-state index is -0.0542. The largest absolute Gasteiger partial charge is 0.326 e. The number of carbonyl (C=O) groups excluding carboxylic acids is 2. The molecule has 0 aliphatic carbocycles. The number of benzene rings is 1. The summed E-state index contributed by atoms with van der Waals surface area (Å²) >= 11 is 0. The molecule has 0 aromatic heterocycles. The van der Waals surface area contributed by atoms with E-state index < -0.39 is 0 Å². The van der Waals surface area contributed by atoms with Crippen molar-refractivity contribution in [1.29, 1.82) is 0 Å². The Morgan fingerprint density at radius 1 is 1.00 bits per heavy atom. The molecule has 0 saturated carbocycles. The van der Waals surface area contributed by atoms with E-state index in [1.807, 2.05) is 18.7 Å². The number of amides is 3. The molecule has 1 fully saturated rings. The summed E-state index contributed by atoms with van der Waals surface area (Å²) in [5.74, 6) is -0.0663. The van der Waals surface area contributed by atoms with Crippen LogP contribution in [0, 0.1) is 5.92 Å². The average molecular weight is 275 g/mol. The van der Waals surface area contributed by atoms with Crippen molar-refractivity contribution in [3.63, 3.8) is 0 Å². The standard InChI is InChI=1S/C15H21N3O2/c1-11(2)14(19)16-12-5-7-13(8-6-12)17-15(20)18-9-3-4-10-18/h5-8,11H,3-4,9-10H2,1-2H3,(H,16,19)(H,17,20). The zero-order valence-electron chi connectivity index (χ0n) is 12.0. The van der Waals surface area contributed by atoms with Crippen molar-refractivity contribution in [1.82, 2.24) is 4.90 Å². The molecule has 2 N–H and O–H groups in total. The van der Waals surface area contributed by atoms with Crippen LogP contribution in [0.2, 0.25) is 0 Å². The summed E-state index contributed by atoms with van der Waals surface area (Å²) in [5.41, 5.74) is 1.48. The van der Waals surface area contributed by atoms with E-state index in [-0.39, 0.29) is 17.9 Å². The van der Waals surface area contributed by atoms with E-state index in [4.69, 9.17) is 0 Å². The molecule has 0 spiro atoms. The molecule has 3 amide bonds. The first kappa shape index (κ1) is 14.4. The molecule has 1 aliphatic heterocycles. The van der Waals surface area contributed by atoms with Crippen LogP contribution >= 0.6 is 0 Å². The summed E-state index contributed by atoms with van der Waals surface area (Å²) in [6.07, 6.45) is 2.15. The van der Waals surface area contributed by atoms with Crippen molar-refractivity contribution in [3.05, 3.63) is 24.3 Å². The summed E-state index contributed by atoms with van der Waals surface area (Å²) in [6.45, 7) is 5.35. The highest BCUT2D eigenvalue weighted by molar-refractivity contribution is 5.93. The van der Waals surface area contributed by atoms with Gasteiger partial charge < -0.3 is 15.5 Å². The molecule has 1 aromatic carbocycles. The van der Waals surface area contributed by atoms with Crippen LogP contribution in [0.1, 0.15) is 26.7 Å². The van der Waals surface area contributed by atoms with Gasteiger partial charge in [-0.15, -0.1) is 0 Å². The van der Waals surface area contributed by atoms with Crippen LogP contribution < -0.4 is 10.6 Å². The summed E-state index contributed by atoms with van der Waals surface area (Å²) < 4.78 is 0. The highest BCUT2D eigenvalue weighted by atomic mass is 16.2. The maximum absolute atomic E-state index is 11.9. The molecule has 108 valence electrons. The number of anilines is 2. The topological polar surface area (TPSA) is 61.4 Å². The highest BCUT2D eigenvalue weighted by Gasteiger charge is 2.17. The average Bonchev–Trinajstić information content (AvgIpc) is 2.95. The predicted molar refractivity (Wildman–Crippen MR) is 79.7 cm³/mol. The normalized spacial score (nSPS) is 14.4. The van der Waals surface area contributed by atoms with Crippen molar-refractivity contribution < 1.29 is 9.59 Å². The van der Waals surface area contributed by atoms with E-state index in [0.29, 0.717) is 0 Å². The molecule has 0 atom stereocenters. The monoisotopic (exact) mass is 275 g/mol. The van der Waals surface area contributed by atoms with Gasteiger partial charge in [0.15, 0.2) is 0 Å². The van der Waals surface area contributed by atoms with Crippen molar-refractivity contribution in [2.75, 3.05) is 23.7 Å². The Kier molecular flexibility index (Phi) is 4.61. The lowest BCUT2D eigenvalue weighted by atomic mass is 10.2. The van der Waals surface area contributed by atoms with E-state index in [1.165, 1.54) is 0 Å². The van der Waals surface area contributed by atoms with Gasteiger partial charge in [-0.1, -0.05) is 13.8 Å². The van der Waals surface area contributed by atoms with Crippen LogP contribution in [0.5, 0.6) is 0 Å². The Morgan fingerprint density at radius 3 is 2.00 bits per heavy atom. The lowest BCUT2D eigenvalue weighted by Crippen LogP contribution is -2.32. The van der Waals surface area contributed by atoms with E-state index in [2.05, 4.69) is 10.6 Å². The van der Waals surface area contributed by atoms with Gasteiger partial charge in [-0.3, -0.25) is 4.79 Å². The van der Waals surface area contributed by atoms with Gasteiger partial charge in [0.1, 0.15) is 0 Å². The third-order valence-electron chi connectivity index (χ3n) is 3.32. The number of nitrogens with zero attached hydrogens (tertiary/aromatic N) is 1. The molecule has 0 radical (unpaired) electrons. The first-order valence-corrected chi connectivity index (χ1v) is 7.03. The molecule has 5 heteroatoms. The second-order valence-electron chi connectivity index (χ2n) is 5.35. The van der Waals surface area contributed by atoms with Gasteiger partial charge in [-0.05, 0) is 37.1 Å². The Bertz CT molecular complexity index is 476. The van der Waals surface area contributed by atoms with Gasteiger partial charge in [0, 0.05) is 30.4 Å². The number of hydrogen-bond donors (Lipinski definition) is 2.